The molecule has 21 rings (SSSR count). The van der Waals surface area contributed by atoms with E-state index in [0.717, 1.165) is 0 Å². The van der Waals surface area contributed by atoms with E-state index in [0.29, 0.717) is 0 Å². The van der Waals surface area contributed by atoms with Gasteiger partial charge in [0.2, 0.25) is 0 Å². The van der Waals surface area contributed by atoms with Crippen molar-refractivity contribution < 1.29 is 0 Å². The molecule has 0 N–H and O–H groups in total. The summed E-state index contributed by atoms with van der Waals surface area (Å²) in [5.41, 5.74) is 23.3. The first-order valence-electron chi connectivity index (χ1n) is 27.2. The van der Waals surface area contributed by atoms with Gasteiger partial charge < -0.3 is 17.6 Å². The lowest BCUT2D eigenvalue weighted by Crippen LogP contribution is -2.16. The van der Waals surface area contributed by atoms with Crippen molar-refractivity contribution in [2.75, 3.05) is 0 Å². The van der Waals surface area contributed by atoms with Crippen LogP contribution in [-0.4, -0.2) is 17.6 Å². The summed E-state index contributed by atoms with van der Waals surface area (Å²) in [5.74, 6) is 0. The molecular formula is C73H40N4. The Hall–Kier alpha value is -9.90. The van der Waals surface area contributed by atoms with Crippen molar-refractivity contribution in [1.29, 1.82) is 0 Å². The summed E-state index contributed by atoms with van der Waals surface area (Å²) in [6.45, 7) is 4.96. The second-order valence-electron chi connectivity index (χ2n) is 23.0. The van der Waals surface area contributed by atoms with Crippen LogP contribution in [0.1, 0.15) is 25.0 Å². The van der Waals surface area contributed by atoms with Crippen molar-refractivity contribution in [2.24, 2.45) is 0 Å². The zero-order valence-corrected chi connectivity index (χ0v) is 41.9. The highest BCUT2D eigenvalue weighted by Gasteiger charge is 2.41. The SMILES string of the molecule is CC1(C)c2c(ccc3c2c2cccc4c5ccccc5n3c42)-c2ccc3c(c21)c1cccc2c4cc(-c5cccc6c5c5cccc7c8ccc9c(ccc%10c%11cccc%12c%13ccccc%13n(c%12%11)c%109)c8n6c75)ccc4n3c21. The lowest BCUT2D eigenvalue weighted by Gasteiger charge is -2.24. The summed E-state index contributed by atoms with van der Waals surface area (Å²) in [6.07, 6.45) is 0. The molecule has 0 atom stereocenters. The highest BCUT2D eigenvalue weighted by molar-refractivity contribution is 6.34. The summed E-state index contributed by atoms with van der Waals surface area (Å²) in [4.78, 5) is 0. The van der Waals surface area contributed by atoms with Crippen LogP contribution in [0.2, 0.25) is 0 Å². The van der Waals surface area contributed by atoms with Gasteiger partial charge in [-0.25, -0.2) is 0 Å². The maximum absolute atomic E-state index is 2.59. The average Bonchev–Trinajstić information content (AvgIpc) is 4.24. The molecule has 1 aliphatic rings. The third kappa shape index (κ3) is 4.05. The van der Waals surface area contributed by atoms with E-state index in [-0.39, 0.29) is 5.41 Å². The maximum Gasteiger partial charge on any atom is 0.0620 e. The van der Waals surface area contributed by atoms with Gasteiger partial charge in [0.05, 0.1) is 66.2 Å². The van der Waals surface area contributed by atoms with Crippen molar-refractivity contribution in [3.05, 3.63) is 217 Å². The normalized spacial score (nSPS) is 14.2. The molecular weight excluding hydrogens is 933 g/mol. The quantitative estimate of drug-likeness (QED) is 0.156. The third-order valence-corrected chi connectivity index (χ3v) is 19.4. The fourth-order valence-electron chi connectivity index (χ4n) is 16.7. The minimum atomic E-state index is -0.248. The van der Waals surface area contributed by atoms with Gasteiger partial charge >= 0.3 is 0 Å². The van der Waals surface area contributed by atoms with E-state index in [1.807, 2.05) is 0 Å². The zero-order chi connectivity index (χ0) is 49.6. The van der Waals surface area contributed by atoms with Crippen LogP contribution < -0.4 is 0 Å². The summed E-state index contributed by atoms with van der Waals surface area (Å²) in [7, 11) is 0. The Kier molecular flexibility index (Phi) is 6.24. The largest absolute Gasteiger partial charge is 0.308 e. The van der Waals surface area contributed by atoms with E-state index in [1.165, 1.54) is 197 Å². The predicted molar refractivity (Wildman–Crippen MR) is 326 cm³/mol. The van der Waals surface area contributed by atoms with Gasteiger partial charge in [0, 0.05) is 102 Å². The Balaban J connectivity index is 0.784. The maximum atomic E-state index is 2.59. The fraction of sp³-hybridized carbons (Fsp3) is 0.0411. The second kappa shape index (κ2) is 12.4. The minimum absolute atomic E-state index is 0.248. The van der Waals surface area contributed by atoms with E-state index < -0.39 is 0 Å². The van der Waals surface area contributed by atoms with E-state index in [2.05, 4.69) is 238 Å². The highest BCUT2D eigenvalue weighted by atomic mass is 14.9. The first-order valence-corrected chi connectivity index (χ1v) is 27.2. The fourth-order valence-corrected chi connectivity index (χ4v) is 16.7. The molecule has 0 spiro atoms. The molecule has 0 amide bonds. The van der Waals surface area contributed by atoms with Crippen LogP contribution in [0.25, 0.3) is 185 Å². The van der Waals surface area contributed by atoms with Crippen LogP contribution >= 0.6 is 0 Å². The van der Waals surface area contributed by atoms with Gasteiger partial charge in [-0.3, -0.25) is 0 Å². The lowest BCUT2D eigenvalue weighted by atomic mass is 9.78. The van der Waals surface area contributed by atoms with Crippen LogP contribution in [0.5, 0.6) is 0 Å². The Morgan fingerprint density at radius 1 is 0.234 bits per heavy atom. The summed E-state index contributed by atoms with van der Waals surface area (Å²) < 4.78 is 10.2. The molecule has 0 radical (unpaired) electrons. The monoisotopic (exact) mass is 972 g/mol. The lowest BCUT2D eigenvalue weighted by molar-refractivity contribution is 0.673. The number of para-hydroxylation sites is 6. The molecule has 0 saturated heterocycles. The molecule has 8 aromatic heterocycles. The second-order valence-corrected chi connectivity index (χ2v) is 23.0. The van der Waals surface area contributed by atoms with Crippen LogP contribution in [-0.2, 0) is 5.41 Å². The molecule has 0 aliphatic heterocycles. The Labute approximate surface area is 437 Å². The van der Waals surface area contributed by atoms with Gasteiger partial charge in [-0.05, 0) is 75.8 Å². The molecule has 77 heavy (non-hydrogen) atoms. The first kappa shape index (κ1) is 38.6. The Morgan fingerprint density at radius 3 is 1.12 bits per heavy atom. The van der Waals surface area contributed by atoms with Crippen molar-refractivity contribution in [2.45, 2.75) is 19.3 Å². The molecule has 20 aromatic rings. The number of fused-ring (bicyclic) bond motifs is 32. The van der Waals surface area contributed by atoms with Gasteiger partial charge in [0.15, 0.2) is 0 Å². The average molecular weight is 973 g/mol. The summed E-state index contributed by atoms with van der Waals surface area (Å²) in [6, 6.07) is 79.0. The van der Waals surface area contributed by atoms with Crippen molar-refractivity contribution in [1.82, 2.24) is 17.6 Å². The smallest absolute Gasteiger partial charge is 0.0620 e. The van der Waals surface area contributed by atoms with Crippen LogP contribution in [0.4, 0.5) is 0 Å². The van der Waals surface area contributed by atoms with Gasteiger partial charge in [-0.15, -0.1) is 0 Å². The number of hydrogen-bond donors (Lipinski definition) is 0. The van der Waals surface area contributed by atoms with E-state index in [9.17, 15) is 0 Å². The molecule has 0 bridgehead atoms. The molecule has 0 saturated carbocycles. The van der Waals surface area contributed by atoms with Crippen molar-refractivity contribution in [3.63, 3.8) is 0 Å². The third-order valence-electron chi connectivity index (χ3n) is 19.4. The first-order chi connectivity index (χ1) is 38.0. The van der Waals surface area contributed by atoms with Gasteiger partial charge in [0.1, 0.15) is 0 Å². The van der Waals surface area contributed by atoms with Crippen LogP contribution in [0, 0.1) is 0 Å². The number of rotatable bonds is 1. The minimum Gasteiger partial charge on any atom is -0.308 e. The van der Waals surface area contributed by atoms with E-state index in [4.69, 9.17) is 0 Å². The van der Waals surface area contributed by atoms with E-state index in [1.54, 1.807) is 0 Å². The van der Waals surface area contributed by atoms with Crippen LogP contribution in [0.15, 0.2) is 206 Å². The van der Waals surface area contributed by atoms with Gasteiger partial charge in [-0.2, -0.15) is 0 Å². The summed E-state index contributed by atoms with van der Waals surface area (Å²) >= 11 is 0. The molecule has 4 nitrogen and oxygen atoms in total. The predicted octanol–water partition coefficient (Wildman–Crippen LogP) is 19.4. The molecule has 4 heteroatoms. The molecule has 0 fully saturated rings. The van der Waals surface area contributed by atoms with Crippen LogP contribution in [0.3, 0.4) is 0 Å². The van der Waals surface area contributed by atoms with Gasteiger partial charge in [0.25, 0.3) is 0 Å². The number of hydrogen-bond acceptors (Lipinski definition) is 0. The number of aromatic nitrogens is 4. The zero-order valence-electron chi connectivity index (χ0n) is 41.9. The molecule has 0 unspecified atom stereocenters. The number of nitrogens with zero attached hydrogens (tertiary/aromatic N) is 4. The standard InChI is InChI=1S/C73H40N4/c1-73(2)65-41(31-34-60-63(65)53-21-8-16-44-39-12-3-5-23-56(39)74(60)70(44)53)42-32-35-61-64(66(42)73)54-22-10-19-47-55-36-37(26-33-58(55)75(61)71(47)54)38-14-11-25-59-62(38)52-20-9-18-46-49-28-29-50-51(69(49)77(59)72(46)52)30-27-48-45-17-7-15-43-40-13-4-6-24-57(40)76(67(43)45)68(48)50/h3-36H,1-2H3. The molecule has 12 aromatic carbocycles. The highest BCUT2D eigenvalue weighted by Crippen LogP contribution is 2.58. The Morgan fingerprint density at radius 2 is 0.571 bits per heavy atom. The van der Waals surface area contributed by atoms with Gasteiger partial charge in [-0.1, -0.05) is 178 Å². The number of benzene rings is 12. The summed E-state index contributed by atoms with van der Waals surface area (Å²) in [5, 5.41) is 23.7. The molecule has 352 valence electrons. The van der Waals surface area contributed by atoms with Crippen molar-refractivity contribution >= 4 is 163 Å². The van der Waals surface area contributed by atoms with Crippen molar-refractivity contribution in [3.8, 4) is 22.3 Å². The molecule has 8 heterocycles. The van der Waals surface area contributed by atoms with E-state index >= 15 is 0 Å². The topological polar surface area (TPSA) is 17.6 Å². The molecule has 1 aliphatic carbocycles. The Bertz CT molecular complexity index is 6150.